The fourth-order valence-corrected chi connectivity index (χ4v) is 5.03. The SMILES string of the molecule is CCOC(OCC)P(=O)(CC(CN)c1ccc(Cl)cc1)OCC. The highest BCUT2D eigenvalue weighted by Gasteiger charge is 2.38. The zero-order valence-electron chi connectivity index (χ0n) is 14.0. The molecule has 0 saturated carbocycles. The summed E-state index contributed by atoms with van der Waals surface area (Å²) in [5.41, 5.74) is 6.88. The summed E-state index contributed by atoms with van der Waals surface area (Å²) < 4.78 is 30.0. The Hall–Kier alpha value is -0.420. The number of nitrogens with two attached hydrogens (primary N) is 1. The van der Waals surface area contributed by atoms with Crippen molar-refractivity contribution in [2.75, 3.05) is 32.5 Å². The van der Waals surface area contributed by atoms with Gasteiger partial charge in [-0.3, -0.25) is 4.57 Å². The van der Waals surface area contributed by atoms with Gasteiger partial charge in [-0.05, 0) is 45.0 Å². The molecule has 2 unspecified atom stereocenters. The molecule has 1 rings (SSSR count). The molecule has 0 amide bonds. The van der Waals surface area contributed by atoms with Gasteiger partial charge in [0, 0.05) is 30.3 Å². The number of hydrogen-bond acceptors (Lipinski definition) is 5. The molecule has 0 saturated heterocycles. The van der Waals surface area contributed by atoms with Crippen molar-refractivity contribution in [3.05, 3.63) is 34.9 Å². The van der Waals surface area contributed by atoms with E-state index in [0.29, 0.717) is 31.4 Å². The minimum absolute atomic E-state index is 0.118. The number of benzene rings is 1. The lowest BCUT2D eigenvalue weighted by Gasteiger charge is -2.29. The largest absolute Gasteiger partial charge is 0.345 e. The van der Waals surface area contributed by atoms with Crippen molar-refractivity contribution in [1.82, 2.24) is 0 Å². The summed E-state index contributed by atoms with van der Waals surface area (Å²) in [5.74, 6) is -0.118. The number of ether oxygens (including phenoxy) is 2. The molecule has 1 aromatic carbocycles. The van der Waals surface area contributed by atoms with Crippen LogP contribution in [0, 0.1) is 0 Å². The van der Waals surface area contributed by atoms with Gasteiger partial charge in [0.1, 0.15) is 0 Å². The topological polar surface area (TPSA) is 70.8 Å². The van der Waals surface area contributed by atoms with Gasteiger partial charge in [-0.2, -0.15) is 0 Å². The highest BCUT2D eigenvalue weighted by Crippen LogP contribution is 2.55. The zero-order chi connectivity index (χ0) is 17.3. The fourth-order valence-electron chi connectivity index (χ4n) is 2.34. The number of hydrogen-bond donors (Lipinski definition) is 1. The second kappa shape index (κ2) is 10.4. The molecule has 7 heteroatoms. The number of rotatable bonds is 11. The molecule has 0 radical (unpaired) electrons. The summed E-state index contributed by atoms with van der Waals surface area (Å²) in [5, 5.41) is 0.652. The van der Waals surface area contributed by atoms with Gasteiger partial charge in [0.2, 0.25) is 6.03 Å². The minimum Gasteiger partial charge on any atom is -0.345 e. The Morgan fingerprint density at radius 1 is 1.09 bits per heavy atom. The van der Waals surface area contributed by atoms with Crippen molar-refractivity contribution >= 4 is 19.0 Å². The van der Waals surface area contributed by atoms with E-state index in [0.717, 1.165) is 5.56 Å². The van der Waals surface area contributed by atoms with Crippen LogP contribution in [-0.2, 0) is 18.6 Å². The molecular formula is C16H27ClNO4P. The first-order valence-electron chi connectivity index (χ1n) is 7.92. The third-order valence-corrected chi connectivity index (χ3v) is 6.23. The van der Waals surface area contributed by atoms with Gasteiger partial charge in [0.25, 0.3) is 7.37 Å². The lowest BCUT2D eigenvalue weighted by molar-refractivity contribution is -0.0889. The first-order chi connectivity index (χ1) is 11.0. The highest BCUT2D eigenvalue weighted by molar-refractivity contribution is 7.59. The van der Waals surface area contributed by atoms with Gasteiger partial charge in [-0.1, -0.05) is 23.7 Å². The Labute approximate surface area is 143 Å². The Kier molecular flexibility index (Phi) is 9.37. The zero-order valence-corrected chi connectivity index (χ0v) is 15.7. The Morgan fingerprint density at radius 3 is 2.09 bits per heavy atom. The monoisotopic (exact) mass is 363 g/mol. The van der Waals surface area contributed by atoms with E-state index >= 15 is 0 Å². The maximum absolute atomic E-state index is 13.3. The van der Waals surface area contributed by atoms with Crippen molar-refractivity contribution in [2.24, 2.45) is 5.73 Å². The molecule has 0 heterocycles. The van der Waals surface area contributed by atoms with Crippen LogP contribution in [0.25, 0.3) is 0 Å². The summed E-state index contributed by atoms with van der Waals surface area (Å²) in [6.45, 7) is 6.95. The molecule has 0 bridgehead atoms. The summed E-state index contributed by atoms with van der Waals surface area (Å²) in [4.78, 5) is 0. The molecule has 0 spiro atoms. The molecule has 1 aromatic rings. The van der Waals surface area contributed by atoms with Crippen molar-refractivity contribution in [1.29, 1.82) is 0 Å². The molecule has 0 aromatic heterocycles. The quantitative estimate of drug-likeness (QED) is 0.474. The molecule has 0 aliphatic heterocycles. The van der Waals surface area contributed by atoms with Crippen LogP contribution in [0.4, 0.5) is 0 Å². The first kappa shape index (κ1) is 20.6. The normalized spacial score (nSPS) is 15.6. The third kappa shape index (κ3) is 6.18. The smallest absolute Gasteiger partial charge is 0.258 e. The van der Waals surface area contributed by atoms with Crippen LogP contribution in [0.3, 0.4) is 0 Å². The number of halogens is 1. The molecular weight excluding hydrogens is 337 g/mol. The molecule has 5 nitrogen and oxygen atoms in total. The van der Waals surface area contributed by atoms with Gasteiger partial charge in [-0.15, -0.1) is 0 Å². The van der Waals surface area contributed by atoms with E-state index in [1.54, 1.807) is 19.1 Å². The standard InChI is InChI=1S/C16H27ClNO4P/c1-4-20-16(21-5-2)23(19,22-6-3)12-14(11-18)13-7-9-15(17)10-8-13/h7-10,14,16H,4-6,11-12,18H2,1-3H3. The minimum atomic E-state index is -3.17. The Morgan fingerprint density at radius 2 is 1.65 bits per heavy atom. The predicted molar refractivity (Wildman–Crippen MR) is 94.4 cm³/mol. The van der Waals surface area contributed by atoms with Crippen LogP contribution in [0.1, 0.15) is 32.3 Å². The van der Waals surface area contributed by atoms with E-state index in [1.165, 1.54) is 0 Å². The van der Waals surface area contributed by atoms with Gasteiger partial charge >= 0.3 is 0 Å². The average Bonchev–Trinajstić information content (AvgIpc) is 2.54. The third-order valence-electron chi connectivity index (χ3n) is 3.39. The van der Waals surface area contributed by atoms with E-state index in [-0.39, 0.29) is 12.1 Å². The second-order valence-corrected chi connectivity index (χ2v) is 7.96. The molecule has 132 valence electrons. The average molecular weight is 364 g/mol. The molecule has 0 aliphatic rings. The summed E-state index contributed by atoms with van der Waals surface area (Å²) in [6, 6.07) is 6.53. The van der Waals surface area contributed by atoms with Crippen LogP contribution in [0.5, 0.6) is 0 Å². The van der Waals surface area contributed by atoms with Crippen molar-refractivity contribution in [3.63, 3.8) is 0 Å². The van der Waals surface area contributed by atoms with Gasteiger partial charge in [0.05, 0.1) is 6.61 Å². The van der Waals surface area contributed by atoms with Crippen LogP contribution in [0.2, 0.25) is 5.02 Å². The van der Waals surface area contributed by atoms with E-state index < -0.39 is 13.4 Å². The molecule has 0 aliphatic carbocycles. The Bertz CT molecular complexity index is 491. The molecule has 2 N–H and O–H groups in total. The molecule has 23 heavy (non-hydrogen) atoms. The van der Waals surface area contributed by atoms with E-state index in [1.807, 2.05) is 26.0 Å². The van der Waals surface area contributed by atoms with Crippen molar-refractivity contribution < 1.29 is 18.6 Å². The maximum atomic E-state index is 13.3. The Balaban J connectivity index is 3.02. The van der Waals surface area contributed by atoms with Gasteiger partial charge in [0.15, 0.2) is 0 Å². The van der Waals surface area contributed by atoms with Gasteiger partial charge in [-0.25, -0.2) is 0 Å². The van der Waals surface area contributed by atoms with Crippen LogP contribution < -0.4 is 5.73 Å². The van der Waals surface area contributed by atoms with Crippen LogP contribution in [-0.4, -0.2) is 38.6 Å². The van der Waals surface area contributed by atoms with Crippen LogP contribution in [0.15, 0.2) is 24.3 Å². The fraction of sp³-hybridized carbons (Fsp3) is 0.625. The van der Waals surface area contributed by atoms with Crippen LogP contribution >= 0.6 is 19.0 Å². The van der Waals surface area contributed by atoms with Gasteiger partial charge < -0.3 is 19.7 Å². The van der Waals surface area contributed by atoms with E-state index in [2.05, 4.69) is 0 Å². The second-order valence-electron chi connectivity index (χ2n) is 5.03. The summed E-state index contributed by atoms with van der Waals surface area (Å²) in [7, 11) is -3.17. The summed E-state index contributed by atoms with van der Waals surface area (Å²) in [6.07, 6.45) is 0.267. The van der Waals surface area contributed by atoms with E-state index in [4.69, 9.17) is 31.3 Å². The lowest BCUT2D eigenvalue weighted by Crippen LogP contribution is -2.25. The molecule has 0 fully saturated rings. The molecule has 2 atom stereocenters. The predicted octanol–water partition coefficient (Wildman–Crippen LogP) is 4.05. The first-order valence-corrected chi connectivity index (χ1v) is 10.2. The lowest BCUT2D eigenvalue weighted by atomic mass is 10.0. The van der Waals surface area contributed by atoms with Crippen molar-refractivity contribution in [3.8, 4) is 0 Å². The summed E-state index contributed by atoms with van der Waals surface area (Å²) >= 11 is 5.92. The van der Waals surface area contributed by atoms with E-state index in [9.17, 15) is 4.57 Å². The van der Waals surface area contributed by atoms with Crippen molar-refractivity contribution in [2.45, 2.75) is 32.7 Å². The maximum Gasteiger partial charge on any atom is 0.258 e. The highest BCUT2D eigenvalue weighted by atomic mass is 35.5.